The van der Waals surface area contributed by atoms with Gasteiger partial charge in [0.2, 0.25) is 5.91 Å². The second kappa shape index (κ2) is 9.43. The number of rotatable bonds is 5. The number of piperidine rings is 1. The lowest BCUT2D eigenvalue weighted by Gasteiger charge is -2.38. The predicted octanol–water partition coefficient (Wildman–Crippen LogP) is 1.18. The fraction of sp³-hybridized carbons (Fsp3) is 0.600. The van der Waals surface area contributed by atoms with Gasteiger partial charge in [-0.05, 0) is 44.0 Å². The Bertz CT molecular complexity index is 699. The second-order valence-corrected chi connectivity index (χ2v) is 7.74. The van der Waals surface area contributed by atoms with Crippen molar-refractivity contribution in [2.75, 3.05) is 59.4 Å². The zero-order chi connectivity index (χ0) is 20.1. The van der Waals surface area contributed by atoms with Gasteiger partial charge in [0.25, 0.3) is 5.91 Å². The molecule has 2 aliphatic rings. The van der Waals surface area contributed by atoms with E-state index < -0.39 is 17.5 Å². The normalized spacial score (nSPS) is 19.6. The van der Waals surface area contributed by atoms with Gasteiger partial charge in [-0.2, -0.15) is 0 Å². The van der Waals surface area contributed by atoms with Crippen LogP contribution in [0.1, 0.15) is 23.2 Å². The summed E-state index contributed by atoms with van der Waals surface area (Å²) in [5.74, 6) is -2.22. The van der Waals surface area contributed by atoms with Crippen LogP contribution in [0.25, 0.3) is 0 Å². The molecule has 0 atom stereocenters. The van der Waals surface area contributed by atoms with Gasteiger partial charge in [-0.3, -0.25) is 9.59 Å². The first-order valence-corrected chi connectivity index (χ1v) is 9.84. The van der Waals surface area contributed by atoms with Crippen molar-refractivity contribution in [2.24, 2.45) is 5.92 Å². The number of hydrogen-bond donors (Lipinski definition) is 1. The average Bonchev–Trinajstić information content (AvgIpc) is 2.70. The Kier molecular flexibility index (Phi) is 6.96. The molecule has 154 valence electrons. The summed E-state index contributed by atoms with van der Waals surface area (Å²) in [7, 11) is 2.15. The Morgan fingerprint density at radius 3 is 2.36 bits per heavy atom. The van der Waals surface area contributed by atoms with E-state index in [2.05, 4.69) is 22.2 Å². The minimum Gasteiger partial charge on any atom is -0.343 e. The number of nitrogens with zero attached hydrogens (tertiary/aromatic N) is 3. The highest BCUT2D eigenvalue weighted by atomic mass is 19.2. The molecule has 2 amide bonds. The summed E-state index contributed by atoms with van der Waals surface area (Å²) < 4.78 is 26.2. The van der Waals surface area contributed by atoms with Crippen molar-refractivity contribution in [1.29, 1.82) is 0 Å². The molecule has 0 unspecified atom stereocenters. The molecule has 1 aromatic carbocycles. The smallest absolute Gasteiger partial charge is 0.251 e. The van der Waals surface area contributed by atoms with Crippen LogP contribution in [0.15, 0.2) is 18.2 Å². The van der Waals surface area contributed by atoms with E-state index >= 15 is 0 Å². The molecule has 8 heteroatoms. The standard InChI is InChI=1S/C20H28F2N4O2/c1-24-8-10-25(11-9-24)14-15-4-6-26(7-5-15)19(27)13-23-20(28)16-2-3-17(21)18(22)12-16/h2-3,12,15H,4-11,13-14H2,1H3,(H,23,28). The molecule has 28 heavy (non-hydrogen) atoms. The van der Waals surface area contributed by atoms with Crippen LogP contribution >= 0.6 is 0 Å². The first-order valence-electron chi connectivity index (χ1n) is 9.84. The average molecular weight is 394 g/mol. The largest absolute Gasteiger partial charge is 0.343 e. The molecule has 3 rings (SSSR count). The monoisotopic (exact) mass is 394 g/mol. The van der Waals surface area contributed by atoms with E-state index in [1.807, 2.05) is 0 Å². The number of carbonyl (C=O) groups excluding carboxylic acids is 2. The summed E-state index contributed by atoms with van der Waals surface area (Å²) in [4.78, 5) is 31.0. The fourth-order valence-electron chi connectivity index (χ4n) is 3.77. The van der Waals surface area contributed by atoms with Gasteiger partial charge in [0, 0.05) is 51.4 Å². The van der Waals surface area contributed by atoms with Crippen molar-refractivity contribution >= 4 is 11.8 Å². The van der Waals surface area contributed by atoms with E-state index in [-0.39, 0.29) is 18.0 Å². The van der Waals surface area contributed by atoms with Crippen LogP contribution < -0.4 is 5.32 Å². The number of benzene rings is 1. The lowest BCUT2D eigenvalue weighted by Crippen LogP contribution is -2.48. The van der Waals surface area contributed by atoms with E-state index in [0.29, 0.717) is 19.0 Å². The van der Waals surface area contributed by atoms with Crippen LogP contribution in [0, 0.1) is 17.6 Å². The molecular formula is C20H28F2N4O2. The molecule has 2 saturated heterocycles. The molecule has 0 aromatic heterocycles. The van der Waals surface area contributed by atoms with Gasteiger partial charge in [0.05, 0.1) is 6.54 Å². The van der Waals surface area contributed by atoms with Gasteiger partial charge in [-0.25, -0.2) is 8.78 Å². The van der Waals surface area contributed by atoms with Gasteiger partial charge in [-0.1, -0.05) is 0 Å². The van der Waals surface area contributed by atoms with E-state index in [1.165, 1.54) is 6.07 Å². The Hall–Kier alpha value is -2.06. The van der Waals surface area contributed by atoms with Gasteiger partial charge in [0.1, 0.15) is 0 Å². The Morgan fingerprint density at radius 2 is 1.71 bits per heavy atom. The fourth-order valence-corrected chi connectivity index (χ4v) is 3.77. The van der Waals surface area contributed by atoms with Gasteiger partial charge < -0.3 is 20.0 Å². The number of likely N-dealkylation sites (tertiary alicyclic amines) is 1. The quantitative estimate of drug-likeness (QED) is 0.815. The third-order valence-corrected chi connectivity index (χ3v) is 5.66. The summed E-state index contributed by atoms with van der Waals surface area (Å²) in [5.41, 5.74) is -0.00224. The molecule has 2 heterocycles. The van der Waals surface area contributed by atoms with Crippen molar-refractivity contribution in [3.05, 3.63) is 35.4 Å². The first kappa shape index (κ1) is 20.7. The van der Waals surface area contributed by atoms with E-state index in [9.17, 15) is 18.4 Å². The van der Waals surface area contributed by atoms with Crippen molar-refractivity contribution < 1.29 is 18.4 Å². The van der Waals surface area contributed by atoms with Crippen molar-refractivity contribution in [2.45, 2.75) is 12.8 Å². The zero-order valence-electron chi connectivity index (χ0n) is 16.3. The second-order valence-electron chi connectivity index (χ2n) is 7.74. The van der Waals surface area contributed by atoms with Crippen molar-refractivity contribution in [3.63, 3.8) is 0 Å². The number of hydrogen-bond acceptors (Lipinski definition) is 4. The maximum absolute atomic E-state index is 13.2. The highest BCUT2D eigenvalue weighted by Crippen LogP contribution is 2.19. The molecule has 2 aliphatic heterocycles. The Morgan fingerprint density at radius 1 is 1.04 bits per heavy atom. The Labute approximate surface area is 164 Å². The highest BCUT2D eigenvalue weighted by molar-refractivity contribution is 5.96. The van der Waals surface area contributed by atoms with Crippen molar-refractivity contribution in [1.82, 2.24) is 20.0 Å². The molecule has 0 saturated carbocycles. The predicted molar refractivity (Wildman–Crippen MR) is 102 cm³/mol. The number of amides is 2. The van der Waals surface area contributed by atoms with Crippen LogP contribution in [0.5, 0.6) is 0 Å². The molecule has 0 bridgehead atoms. The maximum Gasteiger partial charge on any atom is 0.251 e. The molecule has 6 nitrogen and oxygen atoms in total. The lowest BCUT2D eigenvalue weighted by molar-refractivity contribution is -0.131. The summed E-state index contributed by atoms with van der Waals surface area (Å²) in [6.07, 6.45) is 1.93. The maximum atomic E-state index is 13.2. The van der Waals surface area contributed by atoms with Crippen LogP contribution in [-0.4, -0.2) is 85.9 Å². The molecule has 0 aliphatic carbocycles. The van der Waals surface area contributed by atoms with Crippen LogP contribution in [-0.2, 0) is 4.79 Å². The van der Waals surface area contributed by atoms with Gasteiger partial charge in [0.15, 0.2) is 11.6 Å². The third-order valence-electron chi connectivity index (χ3n) is 5.66. The Balaban J connectivity index is 1.39. The van der Waals surface area contributed by atoms with Crippen LogP contribution in [0.3, 0.4) is 0 Å². The molecule has 0 spiro atoms. The number of nitrogens with one attached hydrogen (secondary N) is 1. The molecular weight excluding hydrogens is 366 g/mol. The van der Waals surface area contributed by atoms with Crippen LogP contribution in [0.2, 0.25) is 0 Å². The molecule has 0 radical (unpaired) electrons. The van der Waals surface area contributed by atoms with Gasteiger partial charge >= 0.3 is 0 Å². The van der Waals surface area contributed by atoms with Crippen molar-refractivity contribution in [3.8, 4) is 0 Å². The highest BCUT2D eigenvalue weighted by Gasteiger charge is 2.25. The van der Waals surface area contributed by atoms with Gasteiger partial charge in [-0.15, -0.1) is 0 Å². The van der Waals surface area contributed by atoms with E-state index in [0.717, 1.165) is 57.7 Å². The van der Waals surface area contributed by atoms with E-state index in [4.69, 9.17) is 0 Å². The number of likely N-dealkylation sites (N-methyl/N-ethyl adjacent to an activating group) is 1. The molecule has 2 fully saturated rings. The van der Waals surface area contributed by atoms with Crippen LogP contribution in [0.4, 0.5) is 8.78 Å². The number of piperazine rings is 1. The minimum atomic E-state index is -1.08. The molecule has 1 N–H and O–H groups in total. The minimum absolute atomic E-state index is 0.00224. The number of halogens is 2. The topological polar surface area (TPSA) is 55.9 Å². The molecule has 1 aromatic rings. The summed E-state index contributed by atoms with van der Waals surface area (Å²) >= 11 is 0. The summed E-state index contributed by atoms with van der Waals surface area (Å²) in [5, 5.41) is 2.49. The zero-order valence-corrected chi connectivity index (χ0v) is 16.3. The lowest BCUT2D eigenvalue weighted by atomic mass is 9.96. The summed E-state index contributed by atoms with van der Waals surface area (Å²) in [6, 6.07) is 2.93. The summed E-state index contributed by atoms with van der Waals surface area (Å²) in [6.45, 7) is 6.75. The first-order chi connectivity index (χ1) is 13.4. The number of carbonyl (C=O) groups is 2. The SMILES string of the molecule is CN1CCN(CC2CCN(C(=O)CNC(=O)c3ccc(F)c(F)c3)CC2)CC1. The third kappa shape index (κ3) is 5.48. The van der Waals surface area contributed by atoms with E-state index in [1.54, 1.807) is 4.90 Å².